The quantitative estimate of drug-likeness (QED) is 0.567. The predicted octanol–water partition coefficient (Wildman–Crippen LogP) is 0.192. The van der Waals surface area contributed by atoms with Crippen LogP contribution in [-0.4, -0.2) is 22.2 Å². The number of carbonyl (C=O) groups excluding carboxylic acids is 1. The van der Waals surface area contributed by atoms with Gasteiger partial charge in [0.25, 0.3) is 0 Å². The zero-order chi connectivity index (χ0) is 12.3. The third-order valence-electron chi connectivity index (χ3n) is 2.14. The zero-order valence-electron chi connectivity index (χ0n) is 8.43. The number of anilines is 1. The van der Waals surface area contributed by atoms with E-state index in [1.165, 1.54) is 18.2 Å². The summed E-state index contributed by atoms with van der Waals surface area (Å²) in [7, 11) is 0. The van der Waals surface area contributed by atoms with Crippen LogP contribution in [0.2, 0.25) is 5.02 Å². The molecule has 0 spiro atoms. The number of benzene rings is 1. The van der Waals surface area contributed by atoms with Gasteiger partial charge in [-0.2, -0.15) is 0 Å². The molecule has 0 aliphatic carbocycles. The lowest BCUT2D eigenvalue weighted by atomic mass is 10.0. The molecule has 5 nitrogen and oxygen atoms in total. The molecule has 2 unspecified atom stereocenters. The van der Waals surface area contributed by atoms with E-state index in [9.17, 15) is 15.0 Å². The van der Waals surface area contributed by atoms with E-state index in [1.54, 1.807) is 0 Å². The molecular formula is C10H13ClN2O3. The lowest BCUT2D eigenvalue weighted by Gasteiger charge is -2.17. The molecule has 0 aliphatic rings. The number of rotatable bonds is 4. The fourth-order valence-electron chi connectivity index (χ4n) is 1.29. The summed E-state index contributed by atoms with van der Waals surface area (Å²) in [4.78, 5) is 10.6. The molecule has 0 radical (unpaired) electrons. The fourth-order valence-corrected chi connectivity index (χ4v) is 1.40. The Kier molecular flexibility index (Phi) is 4.12. The molecule has 1 rings (SSSR count). The first kappa shape index (κ1) is 12.8. The van der Waals surface area contributed by atoms with Crippen molar-refractivity contribution in [1.82, 2.24) is 0 Å². The zero-order valence-corrected chi connectivity index (χ0v) is 9.19. The first-order chi connectivity index (χ1) is 7.41. The van der Waals surface area contributed by atoms with Crippen molar-refractivity contribution in [3.63, 3.8) is 0 Å². The Labute approximate surface area is 97.6 Å². The number of hydrogen-bond acceptors (Lipinski definition) is 4. The highest BCUT2D eigenvalue weighted by atomic mass is 35.5. The Morgan fingerprint density at radius 3 is 2.56 bits per heavy atom. The molecule has 0 bridgehead atoms. The van der Waals surface area contributed by atoms with Crippen molar-refractivity contribution < 1.29 is 15.0 Å². The number of aliphatic hydroxyl groups excluding tert-OH is 2. The molecule has 0 fully saturated rings. The van der Waals surface area contributed by atoms with Crippen molar-refractivity contribution in [1.29, 1.82) is 0 Å². The molecule has 1 aromatic rings. The minimum Gasteiger partial charge on any atom is -0.398 e. The summed E-state index contributed by atoms with van der Waals surface area (Å²) >= 11 is 5.71. The maximum Gasteiger partial charge on any atom is 0.220 e. The average molecular weight is 245 g/mol. The van der Waals surface area contributed by atoms with E-state index in [0.717, 1.165) is 0 Å². The van der Waals surface area contributed by atoms with Gasteiger partial charge in [0.2, 0.25) is 5.91 Å². The van der Waals surface area contributed by atoms with Crippen LogP contribution in [-0.2, 0) is 4.79 Å². The van der Waals surface area contributed by atoms with Crippen LogP contribution in [0.3, 0.4) is 0 Å². The SMILES string of the molecule is NC(=O)CC(O)C(O)c1ccc(Cl)c(N)c1. The minimum absolute atomic E-state index is 0.296. The molecule has 0 saturated carbocycles. The fraction of sp³-hybridized carbons (Fsp3) is 0.300. The number of amides is 1. The van der Waals surface area contributed by atoms with E-state index in [1.807, 2.05) is 0 Å². The van der Waals surface area contributed by atoms with Crippen LogP contribution in [0.5, 0.6) is 0 Å². The van der Waals surface area contributed by atoms with Crippen LogP contribution in [0.25, 0.3) is 0 Å². The van der Waals surface area contributed by atoms with Crippen molar-refractivity contribution in [2.45, 2.75) is 18.6 Å². The molecular weight excluding hydrogens is 232 g/mol. The highest BCUT2D eigenvalue weighted by Gasteiger charge is 2.20. The van der Waals surface area contributed by atoms with E-state index in [0.29, 0.717) is 16.3 Å². The minimum atomic E-state index is -1.25. The molecule has 0 saturated heterocycles. The predicted molar refractivity (Wildman–Crippen MR) is 60.6 cm³/mol. The maximum atomic E-state index is 10.6. The van der Waals surface area contributed by atoms with Crippen LogP contribution in [0.1, 0.15) is 18.1 Å². The first-order valence-corrected chi connectivity index (χ1v) is 4.99. The number of aliphatic hydroxyl groups is 2. The van der Waals surface area contributed by atoms with Gasteiger partial charge in [0.15, 0.2) is 0 Å². The molecule has 0 aliphatic heterocycles. The third-order valence-corrected chi connectivity index (χ3v) is 2.48. The van der Waals surface area contributed by atoms with E-state index in [2.05, 4.69) is 0 Å². The molecule has 16 heavy (non-hydrogen) atoms. The second-order valence-corrected chi connectivity index (χ2v) is 3.87. The summed E-state index contributed by atoms with van der Waals surface area (Å²) < 4.78 is 0. The largest absolute Gasteiger partial charge is 0.398 e. The smallest absolute Gasteiger partial charge is 0.220 e. The van der Waals surface area contributed by atoms with Crippen molar-refractivity contribution in [3.05, 3.63) is 28.8 Å². The van der Waals surface area contributed by atoms with E-state index in [-0.39, 0.29) is 6.42 Å². The van der Waals surface area contributed by atoms with Gasteiger partial charge in [-0.3, -0.25) is 4.79 Å². The molecule has 6 N–H and O–H groups in total. The third kappa shape index (κ3) is 3.10. The van der Waals surface area contributed by atoms with Gasteiger partial charge >= 0.3 is 0 Å². The number of hydrogen-bond donors (Lipinski definition) is 4. The van der Waals surface area contributed by atoms with E-state index < -0.39 is 18.1 Å². The molecule has 2 atom stereocenters. The highest BCUT2D eigenvalue weighted by Crippen LogP contribution is 2.25. The highest BCUT2D eigenvalue weighted by molar-refractivity contribution is 6.33. The monoisotopic (exact) mass is 244 g/mol. The van der Waals surface area contributed by atoms with Crippen molar-refractivity contribution in [2.24, 2.45) is 5.73 Å². The summed E-state index contributed by atoms with van der Waals surface area (Å²) in [5.41, 5.74) is 11.1. The normalized spacial score (nSPS) is 14.4. The standard InChI is InChI=1S/C10H13ClN2O3/c11-6-2-1-5(3-7(6)12)10(16)8(14)4-9(13)15/h1-3,8,10,14,16H,4,12H2,(H2,13,15). The second-order valence-electron chi connectivity index (χ2n) is 3.46. The number of primary amides is 1. The van der Waals surface area contributed by atoms with Gasteiger partial charge in [-0.1, -0.05) is 17.7 Å². The number of carbonyl (C=O) groups is 1. The molecule has 88 valence electrons. The number of nitrogen functional groups attached to an aromatic ring is 1. The summed E-state index contributed by atoms with van der Waals surface area (Å²) in [6, 6.07) is 4.47. The lowest BCUT2D eigenvalue weighted by molar-refractivity contribution is -0.121. The van der Waals surface area contributed by atoms with Crippen LogP contribution < -0.4 is 11.5 Å². The van der Waals surface area contributed by atoms with Crippen LogP contribution >= 0.6 is 11.6 Å². The van der Waals surface area contributed by atoms with Gasteiger partial charge in [-0.25, -0.2) is 0 Å². The van der Waals surface area contributed by atoms with Crippen molar-refractivity contribution in [3.8, 4) is 0 Å². The van der Waals surface area contributed by atoms with E-state index >= 15 is 0 Å². The van der Waals surface area contributed by atoms with Crippen molar-refractivity contribution in [2.75, 3.05) is 5.73 Å². The number of nitrogens with two attached hydrogens (primary N) is 2. The lowest BCUT2D eigenvalue weighted by Crippen LogP contribution is -2.25. The molecule has 1 aromatic carbocycles. The van der Waals surface area contributed by atoms with Crippen LogP contribution in [0, 0.1) is 0 Å². The summed E-state index contributed by atoms with van der Waals surface area (Å²) in [5, 5.41) is 19.5. The number of halogens is 1. The Morgan fingerprint density at radius 2 is 2.06 bits per heavy atom. The van der Waals surface area contributed by atoms with Crippen LogP contribution in [0.4, 0.5) is 5.69 Å². The Hall–Kier alpha value is -1.30. The van der Waals surface area contributed by atoms with E-state index in [4.69, 9.17) is 23.1 Å². The Bertz CT molecular complexity index is 398. The molecule has 0 aromatic heterocycles. The molecule has 6 heteroatoms. The summed E-state index contributed by atoms with van der Waals surface area (Å²) in [5.74, 6) is -0.687. The molecule has 1 amide bonds. The first-order valence-electron chi connectivity index (χ1n) is 4.61. The van der Waals surface area contributed by atoms with Gasteiger partial charge in [0.1, 0.15) is 6.10 Å². The van der Waals surface area contributed by atoms with Crippen LogP contribution in [0.15, 0.2) is 18.2 Å². The Balaban J connectivity index is 2.83. The summed E-state index contributed by atoms with van der Waals surface area (Å²) in [6.45, 7) is 0. The average Bonchev–Trinajstić information content (AvgIpc) is 2.20. The van der Waals surface area contributed by atoms with Crippen molar-refractivity contribution >= 4 is 23.2 Å². The van der Waals surface area contributed by atoms with Gasteiger partial charge in [-0.05, 0) is 17.7 Å². The maximum absolute atomic E-state index is 10.6. The van der Waals surface area contributed by atoms with Gasteiger partial charge < -0.3 is 21.7 Å². The molecule has 0 heterocycles. The second kappa shape index (κ2) is 5.16. The topological polar surface area (TPSA) is 110 Å². The van der Waals surface area contributed by atoms with Gasteiger partial charge in [-0.15, -0.1) is 0 Å². The van der Waals surface area contributed by atoms with Gasteiger partial charge in [0, 0.05) is 0 Å². The summed E-state index contributed by atoms with van der Waals surface area (Å²) in [6.07, 6.45) is -2.78. The van der Waals surface area contributed by atoms with Gasteiger partial charge in [0.05, 0.1) is 23.2 Å². The Morgan fingerprint density at radius 1 is 1.44 bits per heavy atom.